The van der Waals surface area contributed by atoms with Crippen LogP contribution >= 0.6 is 0 Å². The second kappa shape index (κ2) is 8.19. The van der Waals surface area contributed by atoms with E-state index in [1.165, 1.54) is 44.1 Å². The number of hydrogen-bond donors (Lipinski definition) is 0. The Hall–Kier alpha value is -0.600. The number of allylic oxidation sites excluding steroid dienone is 4. The number of methoxy groups -OCH3 is 1. The normalized spacial score (nSPS) is 38.9. The Kier molecular flexibility index (Phi) is 6.73. The lowest BCUT2D eigenvalue weighted by Gasteiger charge is -2.54. The Balaban J connectivity index is 2.30. The summed E-state index contributed by atoms with van der Waals surface area (Å²) in [6, 6.07) is 0. The summed E-state index contributed by atoms with van der Waals surface area (Å²) in [7, 11) is 1.72. The van der Waals surface area contributed by atoms with Crippen LogP contribution in [0.2, 0.25) is 0 Å². The Morgan fingerprint density at radius 2 is 1.75 bits per heavy atom. The molecule has 0 saturated heterocycles. The lowest BCUT2D eigenvalue weighted by molar-refractivity contribution is -0.197. The van der Waals surface area contributed by atoms with Crippen LogP contribution in [-0.2, 0) is 9.47 Å². The molecule has 2 bridgehead atoms. The number of fused-ring (bicyclic) bond motifs is 2. The fourth-order valence-electron chi connectivity index (χ4n) is 5.01. The Bertz CT molecular complexity index is 474. The topological polar surface area (TPSA) is 18.5 Å². The van der Waals surface area contributed by atoms with Gasteiger partial charge < -0.3 is 9.47 Å². The van der Waals surface area contributed by atoms with Crippen molar-refractivity contribution in [3.63, 3.8) is 0 Å². The molecule has 1 fully saturated rings. The van der Waals surface area contributed by atoms with Crippen LogP contribution in [0, 0.1) is 17.3 Å². The molecule has 0 heterocycles. The molecule has 0 aliphatic heterocycles. The largest absolute Gasteiger partial charge is 0.359 e. The second-order valence-corrected chi connectivity index (χ2v) is 8.89. The van der Waals surface area contributed by atoms with E-state index in [0.717, 1.165) is 12.3 Å². The SMILES string of the molecule is COCO[C@@]1(C)CC[C@@H]2C/C=C(\C)CC/C=C(\C)CC[C@@H]1C2(C)C. The molecule has 2 nitrogen and oxygen atoms in total. The molecule has 2 rings (SSSR count). The summed E-state index contributed by atoms with van der Waals surface area (Å²) in [5.41, 5.74) is 3.31. The van der Waals surface area contributed by atoms with Crippen molar-refractivity contribution in [1.82, 2.24) is 0 Å². The summed E-state index contributed by atoms with van der Waals surface area (Å²) in [5.74, 6) is 1.32. The first-order valence-corrected chi connectivity index (χ1v) is 9.74. The Morgan fingerprint density at radius 3 is 2.46 bits per heavy atom. The van der Waals surface area contributed by atoms with Gasteiger partial charge in [-0.3, -0.25) is 0 Å². The van der Waals surface area contributed by atoms with E-state index in [9.17, 15) is 0 Å². The van der Waals surface area contributed by atoms with Gasteiger partial charge in [-0.1, -0.05) is 37.1 Å². The van der Waals surface area contributed by atoms with Crippen molar-refractivity contribution in [2.75, 3.05) is 13.9 Å². The predicted molar refractivity (Wildman–Crippen MR) is 102 cm³/mol. The molecule has 0 aromatic rings. The highest BCUT2D eigenvalue weighted by Gasteiger charge is 2.51. The standard InChI is InChI=1S/C22H38O2/c1-17-8-7-9-18(2)11-13-20-21(3,4)19(12-10-17)14-15-22(20,5)24-16-23-6/h9-10,19-20H,7-8,11-16H2,1-6H3/b17-10+,18-9+/t19-,20+,22-/m0/s1. The molecule has 24 heavy (non-hydrogen) atoms. The number of ether oxygens (including phenoxy) is 2. The van der Waals surface area contributed by atoms with Gasteiger partial charge >= 0.3 is 0 Å². The molecule has 0 radical (unpaired) electrons. The van der Waals surface area contributed by atoms with E-state index < -0.39 is 0 Å². The quantitative estimate of drug-likeness (QED) is 0.447. The molecule has 0 spiro atoms. The van der Waals surface area contributed by atoms with Crippen LogP contribution in [0.15, 0.2) is 23.3 Å². The zero-order chi connectivity index (χ0) is 17.8. The first-order chi connectivity index (χ1) is 11.3. The van der Waals surface area contributed by atoms with Crippen LogP contribution in [0.3, 0.4) is 0 Å². The second-order valence-electron chi connectivity index (χ2n) is 8.89. The molecular formula is C22H38O2. The molecule has 0 amide bonds. The van der Waals surface area contributed by atoms with Gasteiger partial charge in [-0.25, -0.2) is 0 Å². The highest BCUT2D eigenvalue weighted by molar-refractivity contribution is 5.09. The van der Waals surface area contributed by atoms with Gasteiger partial charge in [0.15, 0.2) is 0 Å². The van der Waals surface area contributed by atoms with Gasteiger partial charge in [0.25, 0.3) is 0 Å². The fourth-order valence-corrected chi connectivity index (χ4v) is 5.01. The maximum absolute atomic E-state index is 6.26. The van der Waals surface area contributed by atoms with Gasteiger partial charge in [0.1, 0.15) is 6.79 Å². The van der Waals surface area contributed by atoms with Crippen molar-refractivity contribution < 1.29 is 9.47 Å². The van der Waals surface area contributed by atoms with Crippen molar-refractivity contribution in [3.8, 4) is 0 Å². The minimum Gasteiger partial charge on any atom is -0.359 e. The summed E-state index contributed by atoms with van der Waals surface area (Å²) in [5, 5.41) is 0. The molecule has 2 aliphatic rings. The van der Waals surface area contributed by atoms with Gasteiger partial charge in [-0.2, -0.15) is 0 Å². The molecule has 0 unspecified atom stereocenters. The lowest BCUT2D eigenvalue weighted by atomic mass is 9.54. The van der Waals surface area contributed by atoms with E-state index in [0.29, 0.717) is 12.7 Å². The monoisotopic (exact) mass is 334 g/mol. The van der Waals surface area contributed by atoms with Crippen LogP contribution in [0.4, 0.5) is 0 Å². The molecular weight excluding hydrogens is 296 g/mol. The maximum atomic E-state index is 6.26. The van der Waals surface area contributed by atoms with Crippen LogP contribution in [-0.4, -0.2) is 19.5 Å². The summed E-state index contributed by atoms with van der Waals surface area (Å²) >= 11 is 0. The molecule has 2 heteroatoms. The molecule has 138 valence electrons. The average molecular weight is 335 g/mol. The summed E-state index contributed by atoms with van der Waals surface area (Å²) < 4.78 is 11.5. The minimum atomic E-state index is -0.0703. The van der Waals surface area contributed by atoms with E-state index in [-0.39, 0.29) is 11.0 Å². The third kappa shape index (κ3) is 4.52. The molecule has 0 aromatic heterocycles. The third-order valence-electron chi connectivity index (χ3n) is 6.79. The summed E-state index contributed by atoms with van der Waals surface area (Å²) in [4.78, 5) is 0. The molecule has 1 saturated carbocycles. The minimum absolute atomic E-state index is 0.0703. The highest BCUT2D eigenvalue weighted by Crippen LogP contribution is 2.54. The van der Waals surface area contributed by atoms with Crippen LogP contribution in [0.25, 0.3) is 0 Å². The maximum Gasteiger partial charge on any atom is 0.147 e. The number of hydrogen-bond acceptors (Lipinski definition) is 2. The van der Waals surface area contributed by atoms with Gasteiger partial charge in [0.05, 0.1) is 5.60 Å². The smallest absolute Gasteiger partial charge is 0.147 e. The van der Waals surface area contributed by atoms with Crippen LogP contribution in [0.5, 0.6) is 0 Å². The van der Waals surface area contributed by atoms with E-state index in [1.807, 2.05) is 0 Å². The molecule has 0 aromatic carbocycles. The first kappa shape index (κ1) is 19.7. The first-order valence-electron chi connectivity index (χ1n) is 9.74. The van der Waals surface area contributed by atoms with Crippen molar-refractivity contribution >= 4 is 0 Å². The van der Waals surface area contributed by atoms with Crippen molar-refractivity contribution in [3.05, 3.63) is 23.3 Å². The van der Waals surface area contributed by atoms with Gasteiger partial charge in [0.2, 0.25) is 0 Å². The average Bonchev–Trinajstić information content (AvgIpc) is 2.51. The fraction of sp³-hybridized carbons (Fsp3) is 0.818. The van der Waals surface area contributed by atoms with Crippen LogP contribution < -0.4 is 0 Å². The Morgan fingerprint density at radius 1 is 1.04 bits per heavy atom. The van der Waals surface area contributed by atoms with Gasteiger partial charge in [-0.05, 0) is 83.0 Å². The predicted octanol–water partition coefficient (Wildman–Crippen LogP) is 6.27. The van der Waals surface area contributed by atoms with Crippen molar-refractivity contribution in [2.45, 2.75) is 85.2 Å². The zero-order valence-electron chi connectivity index (χ0n) is 16.8. The molecule has 0 N–H and O–H groups in total. The lowest BCUT2D eigenvalue weighted by Crippen LogP contribution is -2.52. The van der Waals surface area contributed by atoms with Crippen molar-refractivity contribution in [1.29, 1.82) is 0 Å². The zero-order valence-corrected chi connectivity index (χ0v) is 16.8. The van der Waals surface area contributed by atoms with E-state index in [1.54, 1.807) is 12.7 Å². The van der Waals surface area contributed by atoms with Gasteiger partial charge in [-0.15, -0.1) is 0 Å². The molecule has 3 atom stereocenters. The molecule has 2 aliphatic carbocycles. The summed E-state index contributed by atoms with van der Waals surface area (Å²) in [6.07, 6.45) is 13.4. The highest BCUT2D eigenvalue weighted by atomic mass is 16.7. The third-order valence-corrected chi connectivity index (χ3v) is 6.79. The van der Waals surface area contributed by atoms with E-state index >= 15 is 0 Å². The van der Waals surface area contributed by atoms with E-state index in [2.05, 4.69) is 46.8 Å². The number of rotatable bonds is 3. The Labute approximate surface area is 149 Å². The van der Waals surface area contributed by atoms with Crippen LogP contribution in [0.1, 0.15) is 79.6 Å². The van der Waals surface area contributed by atoms with Crippen molar-refractivity contribution in [2.24, 2.45) is 17.3 Å². The summed E-state index contributed by atoms with van der Waals surface area (Å²) in [6.45, 7) is 12.3. The van der Waals surface area contributed by atoms with Gasteiger partial charge in [0, 0.05) is 7.11 Å². The van der Waals surface area contributed by atoms with E-state index in [4.69, 9.17) is 9.47 Å².